The van der Waals surface area contributed by atoms with Crippen LogP contribution in [0.2, 0.25) is 0 Å². The van der Waals surface area contributed by atoms with E-state index in [0.717, 1.165) is 6.42 Å². The quantitative estimate of drug-likeness (QED) is 0.767. The van der Waals surface area contributed by atoms with E-state index in [1.54, 1.807) is 48.5 Å². The number of amides is 2. The van der Waals surface area contributed by atoms with Gasteiger partial charge in [-0.1, -0.05) is 55.5 Å². The van der Waals surface area contributed by atoms with Crippen molar-refractivity contribution in [2.24, 2.45) is 0 Å². The van der Waals surface area contributed by atoms with Gasteiger partial charge in [0.2, 0.25) is 5.91 Å². The molecule has 2 N–H and O–H groups in total. The van der Waals surface area contributed by atoms with Crippen LogP contribution in [0.25, 0.3) is 0 Å². The zero-order valence-corrected chi connectivity index (χ0v) is 13.5. The maximum atomic E-state index is 12.6. The highest BCUT2D eigenvalue weighted by Crippen LogP contribution is 2.14. The summed E-state index contributed by atoms with van der Waals surface area (Å²) in [7, 11) is 0. The molecule has 0 unspecified atom stereocenters. The van der Waals surface area contributed by atoms with Crippen LogP contribution in [-0.4, -0.2) is 30.7 Å². The third-order valence-corrected chi connectivity index (χ3v) is 3.43. The molecule has 2 rings (SSSR count). The second-order valence-electron chi connectivity index (χ2n) is 5.27. The Bertz CT molecular complexity index is 726. The average Bonchev–Trinajstić information content (AvgIpc) is 2.64. The molecule has 0 aromatic heterocycles. The summed E-state index contributed by atoms with van der Waals surface area (Å²) in [6.45, 7) is 2.40. The van der Waals surface area contributed by atoms with E-state index in [0.29, 0.717) is 17.7 Å². The van der Waals surface area contributed by atoms with Gasteiger partial charge in [-0.25, -0.2) is 0 Å². The van der Waals surface area contributed by atoms with E-state index < -0.39 is 5.91 Å². The van der Waals surface area contributed by atoms with Gasteiger partial charge in [0.05, 0.1) is 12.1 Å². The fraction of sp³-hybridized carbons (Fsp3) is 0.211. The highest BCUT2D eigenvalue weighted by atomic mass is 16.2. The average molecular weight is 324 g/mol. The molecule has 0 fully saturated rings. The number of rotatable bonds is 7. The standard InChI is InChI=1S/C19H20N2O3/c1-2-12-20-17(22)13-21-19(24)16-11-7-6-10-15(16)18(23)14-8-4-3-5-9-14/h3-11H,2,12-13H2,1H3,(H,20,22)(H,21,24). The molecule has 124 valence electrons. The monoisotopic (exact) mass is 324 g/mol. The summed E-state index contributed by atoms with van der Waals surface area (Å²) in [5.41, 5.74) is 1.09. The zero-order chi connectivity index (χ0) is 17.4. The molecule has 2 aromatic rings. The Labute approximate surface area is 141 Å². The molecule has 5 nitrogen and oxygen atoms in total. The molecule has 0 bridgehead atoms. The van der Waals surface area contributed by atoms with Crippen LogP contribution in [0.15, 0.2) is 54.6 Å². The van der Waals surface area contributed by atoms with Crippen molar-refractivity contribution in [1.29, 1.82) is 0 Å². The van der Waals surface area contributed by atoms with Gasteiger partial charge < -0.3 is 10.6 Å². The van der Waals surface area contributed by atoms with Gasteiger partial charge in [0, 0.05) is 17.7 Å². The van der Waals surface area contributed by atoms with Crippen molar-refractivity contribution >= 4 is 17.6 Å². The number of hydrogen-bond donors (Lipinski definition) is 2. The lowest BCUT2D eigenvalue weighted by molar-refractivity contribution is -0.120. The van der Waals surface area contributed by atoms with E-state index in [-0.39, 0.29) is 23.8 Å². The Morgan fingerprint density at radius 3 is 2.12 bits per heavy atom. The van der Waals surface area contributed by atoms with Crippen molar-refractivity contribution in [3.05, 3.63) is 71.3 Å². The number of carbonyl (C=O) groups is 3. The maximum Gasteiger partial charge on any atom is 0.252 e. The molecule has 0 saturated carbocycles. The van der Waals surface area contributed by atoms with Gasteiger partial charge >= 0.3 is 0 Å². The van der Waals surface area contributed by atoms with Crippen molar-refractivity contribution in [3.8, 4) is 0 Å². The first-order valence-electron chi connectivity index (χ1n) is 7.87. The van der Waals surface area contributed by atoms with Crippen LogP contribution in [0.3, 0.4) is 0 Å². The van der Waals surface area contributed by atoms with Crippen LogP contribution >= 0.6 is 0 Å². The number of nitrogens with one attached hydrogen (secondary N) is 2. The molecule has 0 atom stereocenters. The third-order valence-electron chi connectivity index (χ3n) is 3.43. The summed E-state index contributed by atoms with van der Waals surface area (Å²) in [5, 5.41) is 5.23. The minimum atomic E-state index is -0.443. The van der Waals surface area contributed by atoms with E-state index in [9.17, 15) is 14.4 Å². The van der Waals surface area contributed by atoms with E-state index in [2.05, 4.69) is 10.6 Å². The summed E-state index contributed by atoms with van der Waals surface area (Å²) in [6.07, 6.45) is 0.827. The fourth-order valence-corrected chi connectivity index (χ4v) is 2.21. The third kappa shape index (κ3) is 4.52. The van der Waals surface area contributed by atoms with Gasteiger partial charge in [-0.15, -0.1) is 0 Å². The Morgan fingerprint density at radius 2 is 1.46 bits per heavy atom. The van der Waals surface area contributed by atoms with E-state index >= 15 is 0 Å². The molecular formula is C19H20N2O3. The summed E-state index contributed by atoms with van der Waals surface area (Å²) in [4.78, 5) is 36.5. The van der Waals surface area contributed by atoms with Gasteiger partial charge in [-0.2, -0.15) is 0 Å². The van der Waals surface area contributed by atoms with E-state index in [1.165, 1.54) is 0 Å². The second kappa shape index (κ2) is 8.62. The number of ketones is 1. The van der Waals surface area contributed by atoms with E-state index in [1.807, 2.05) is 13.0 Å². The molecule has 0 radical (unpaired) electrons. The minimum absolute atomic E-state index is 0.118. The Hall–Kier alpha value is -2.95. The predicted molar refractivity (Wildman–Crippen MR) is 92.0 cm³/mol. The predicted octanol–water partition coefficient (Wildman–Crippen LogP) is 2.17. The molecule has 0 heterocycles. The second-order valence-corrected chi connectivity index (χ2v) is 5.27. The summed E-state index contributed by atoms with van der Waals surface area (Å²) in [6, 6.07) is 15.4. The number of hydrogen-bond acceptors (Lipinski definition) is 3. The van der Waals surface area contributed by atoms with Gasteiger partial charge in [-0.05, 0) is 12.5 Å². The molecule has 5 heteroatoms. The largest absolute Gasteiger partial charge is 0.355 e. The highest BCUT2D eigenvalue weighted by Gasteiger charge is 2.18. The maximum absolute atomic E-state index is 12.6. The summed E-state index contributed by atoms with van der Waals surface area (Å²) < 4.78 is 0. The topological polar surface area (TPSA) is 75.3 Å². The van der Waals surface area contributed by atoms with Crippen LogP contribution in [0.4, 0.5) is 0 Å². The van der Waals surface area contributed by atoms with Gasteiger partial charge in [0.25, 0.3) is 5.91 Å². The first kappa shape index (κ1) is 17.4. The molecule has 0 aliphatic carbocycles. The van der Waals surface area contributed by atoms with Gasteiger partial charge in [0.1, 0.15) is 0 Å². The summed E-state index contributed by atoms with van der Waals surface area (Å²) in [5.74, 6) is -0.921. The zero-order valence-electron chi connectivity index (χ0n) is 13.5. The van der Waals surface area contributed by atoms with Crippen molar-refractivity contribution in [2.75, 3.05) is 13.1 Å². The highest BCUT2D eigenvalue weighted by molar-refractivity contribution is 6.15. The SMILES string of the molecule is CCCNC(=O)CNC(=O)c1ccccc1C(=O)c1ccccc1. The number of carbonyl (C=O) groups excluding carboxylic acids is 3. The van der Waals surface area contributed by atoms with Crippen LogP contribution in [-0.2, 0) is 4.79 Å². The van der Waals surface area contributed by atoms with Crippen LogP contribution in [0, 0.1) is 0 Å². The molecule has 24 heavy (non-hydrogen) atoms. The van der Waals surface area contributed by atoms with Crippen LogP contribution in [0.5, 0.6) is 0 Å². The Balaban J connectivity index is 2.12. The lowest BCUT2D eigenvalue weighted by atomic mass is 9.98. The fourth-order valence-electron chi connectivity index (χ4n) is 2.21. The van der Waals surface area contributed by atoms with Crippen molar-refractivity contribution < 1.29 is 14.4 Å². The van der Waals surface area contributed by atoms with Crippen molar-refractivity contribution in [1.82, 2.24) is 10.6 Å². The minimum Gasteiger partial charge on any atom is -0.355 e. The van der Waals surface area contributed by atoms with Gasteiger partial charge in [0.15, 0.2) is 5.78 Å². The molecule has 0 aliphatic rings. The molecule has 0 aliphatic heterocycles. The van der Waals surface area contributed by atoms with Crippen LogP contribution in [0.1, 0.15) is 39.6 Å². The molecular weight excluding hydrogens is 304 g/mol. The van der Waals surface area contributed by atoms with Gasteiger partial charge in [-0.3, -0.25) is 14.4 Å². The summed E-state index contributed by atoms with van der Waals surface area (Å²) >= 11 is 0. The normalized spacial score (nSPS) is 10.0. The van der Waals surface area contributed by atoms with Crippen LogP contribution < -0.4 is 10.6 Å². The number of benzene rings is 2. The lowest BCUT2D eigenvalue weighted by Crippen LogP contribution is -2.37. The first-order valence-corrected chi connectivity index (χ1v) is 7.87. The van der Waals surface area contributed by atoms with Crippen molar-refractivity contribution in [2.45, 2.75) is 13.3 Å². The smallest absolute Gasteiger partial charge is 0.252 e. The molecule has 2 amide bonds. The molecule has 0 spiro atoms. The first-order chi connectivity index (χ1) is 11.6. The van der Waals surface area contributed by atoms with E-state index in [4.69, 9.17) is 0 Å². The Morgan fingerprint density at radius 1 is 0.833 bits per heavy atom. The molecule has 0 saturated heterocycles. The Kier molecular flexibility index (Phi) is 6.25. The molecule has 2 aromatic carbocycles. The van der Waals surface area contributed by atoms with Crippen molar-refractivity contribution in [3.63, 3.8) is 0 Å². The lowest BCUT2D eigenvalue weighted by Gasteiger charge is -2.10.